The number of aryl methyl sites for hydroxylation is 2. The van der Waals surface area contributed by atoms with Crippen LogP contribution in [0.1, 0.15) is 36.0 Å². The molecule has 2 aliphatic heterocycles. The molecule has 0 spiro atoms. The van der Waals surface area contributed by atoms with E-state index in [1.165, 1.54) is 49.0 Å². The second kappa shape index (κ2) is 5.02. The molecule has 18 heavy (non-hydrogen) atoms. The van der Waals surface area contributed by atoms with Gasteiger partial charge in [0.25, 0.3) is 0 Å². The van der Waals surface area contributed by atoms with Crippen molar-refractivity contribution in [3.05, 3.63) is 34.9 Å². The third kappa shape index (κ3) is 2.32. The van der Waals surface area contributed by atoms with Crippen LogP contribution in [0.3, 0.4) is 0 Å². The molecule has 0 saturated carbocycles. The Hall–Kier alpha value is -0.860. The van der Waals surface area contributed by atoms with E-state index in [0.29, 0.717) is 6.04 Å². The van der Waals surface area contributed by atoms with Crippen molar-refractivity contribution in [1.82, 2.24) is 10.2 Å². The van der Waals surface area contributed by atoms with E-state index in [1.54, 1.807) is 0 Å². The smallest absolute Gasteiger partial charge is 0.0250 e. The van der Waals surface area contributed by atoms with Gasteiger partial charge in [-0.3, -0.25) is 4.90 Å². The number of rotatable bonds is 3. The Balaban J connectivity index is 1.59. The lowest BCUT2D eigenvalue weighted by Crippen LogP contribution is -2.38. The average molecular weight is 244 g/mol. The second-order valence-electron chi connectivity index (χ2n) is 5.94. The van der Waals surface area contributed by atoms with Crippen LogP contribution in [0, 0.1) is 13.8 Å². The van der Waals surface area contributed by atoms with Gasteiger partial charge in [-0.1, -0.05) is 18.2 Å². The van der Waals surface area contributed by atoms with Crippen molar-refractivity contribution in [2.24, 2.45) is 0 Å². The number of benzene rings is 1. The molecule has 98 valence electrons. The lowest BCUT2D eigenvalue weighted by molar-refractivity contribution is 0.298. The third-order valence-corrected chi connectivity index (χ3v) is 4.75. The van der Waals surface area contributed by atoms with E-state index in [4.69, 9.17) is 0 Å². The van der Waals surface area contributed by atoms with E-state index in [9.17, 15) is 0 Å². The maximum Gasteiger partial charge on any atom is 0.0250 e. The summed E-state index contributed by atoms with van der Waals surface area (Å²) in [4.78, 5) is 2.66. The minimum Gasteiger partial charge on any atom is -0.308 e. The lowest BCUT2D eigenvalue weighted by atomic mass is 10.0. The van der Waals surface area contributed by atoms with E-state index in [0.717, 1.165) is 12.6 Å². The monoisotopic (exact) mass is 244 g/mol. The molecule has 0 amide bonds. The summed E-state index contributed by atoms with van der Waals surface area (Å²) < 4.78 is 0. The fraction of sp³-hybridized carbons (Fsp3) is 0.625. The molecule has 2 heterocycles. The summed E-state index contributed by atoms with van der Waals surface area (Å²) in [6.45, 7) is 8.03. The average Bonchev–Trinajstić information content (AvgIpc) is 2.94. The van der Waals surface area contributed by atoms with Crippen LogP contribution in [0.25, 0.3) is 0 Å². The Morgan fingerprint density at radius 3 is 2.89 bits per heavy atom. The Morgan fingerprint density at radius 1 is 1.17 bits per heavy atom. The molecule has 0 radical (unpaired) electrons. The number of nitrogens with zero attached hydrogens (tertiary/aromatic N) is 1. The van der Waals surface area contributed by atoms with E-state index in [-0.39, 0.29) is 0 Å². The van der Waals surface area contributed by atoms with Crippen molar-refractivity contribution >= 4 is 0 Å². The summed E-state index contributed by atoms with van der Waals surface area (Å²) in [5.41, 5.74) is 4.22. The Labute approximate surface area is 110 Å². The van der Waals surface area contributed by atoms with E-state index in [1.807, 2.05) is 0 Å². The fourth-order valence-corrected chi connectivity index (χ4v) is 3.48. The minimum atomic E-state index is 0.717. The largest absolute Gasteiger partial charge is 0.308 e. The quantitative estimate of drug-likeness (QED) is 0.879. The van der Waals surface area contributed by atoms with E-state index in [2.05, 4.69) is 42.3 Å². The predicted octanol–water partition coefficient (Wildman–Crippen LogP) is 2.63. The van der Waals surface area contributed by atoms with Gasteiger partial charge in [-0.05, 0) is 56.3 Å². The highest BCUT2D eigenvalue weighted by atomic mass is 15.2. The summed E-state index contributed by atoms with van der Waals surface area (Å²) >= 11 is 0. The first-order valence-corrected chi connectivity index (χ1v) is 7.27. The molecule has 2 saturated heterocycles. The van der Waals surface area contributed by atoms with Gasteiger partial charge < -0.3 is 5.32 Å². The first-order valence-electron chi connectivity index (χ1n) is 7.27. The summed E-state index contributed by atoms with van der Waals surface area (Å²) in [7, 11) is 0. The highest BCUT2D eigenvalue weighted by Gasteiger charge is 2.36. The van der Waals surface area contributed by atoms with Gasteiger partial charge in [0.2, 0.25) is 0 Å². The zero-order valence-corrected chi connectivity index (χ0v) is 11.6. The molecule has 2 fully saturated rings. The van der Waals surface area contributed by atoms with Crippen molar-refractivity contribution in [3.8, 4) is 0 Å². The van der Waals surface area contributed by atoms with Gasteiger partial charge in [0, 0.05) is 25.2 Å². The van der Waals surface area contributed by atoms with Crippen LogP contribution in [0.15, 0.2) is 18.2 Å². The molecule has 0 aromatic heterocycles. The van der Waals surface area contributed by atoms with Gasteiger partial charge in [0.1, 0.15) is 0 Å². The number of fused-ring (bicyclic) bond motifs is 1. The van der Waals surface area contributed by atoms with Crippen molar-refractivity contribution in [3.63, 3.8) is 0 Å². The van der Waals surface area contributed by atoms with Crippen LogP contribution in [0.2, 0.25) is 0 Å². The van der Waals surface area contributed by atoms with Crippen molar-refractivity contribution in [2.45, 2.75) is 51.7 Å². The maximum absolute atomic E-state index is 3.77. The Morgan fingerprint density at radius 2 is 2.06 bits per heavy atom. The van der Waals surface area contributed by atoms with Gasteiger partial charge >= 0.3 is 0 Å². The van der Waals surface area contributed by atoms with Crippen LogP contribution < -0.4 is 5.32 Å². The molecule has 1 aromatic rings. The summed E-state index contributed by atoms with van der Waals surface area (Å²) in [6.07, 6.45) is 4.12. The maximum atomic E-state index is 3.77. The van der Waals surface area contributed by atoms with Crippen LogP contribution in [-0.2, 0) is 6.54 Å². The van der Waals surface area contributed by atoms with Gasteiger partial charge in [-0.2, -0.15) is 0 Å². The summed E-state index contributed by atoms with van der Waals surface area (Å²) in [5.74, 6) is 0. The van der Waals surface area contributed by atoms with Crippen molar-refractivity contribution < 1.29 is 0 Å². The highest BCUT2D eigenvalue weighted by molar-refractivity contribution is 5.29. The normalized spacial score (nSPS) is 27.7. The van der Waals surface area contributed by atoms with E-state index >= 15 is 0 Å². The molecule has 2 aliphatic rings. The minimum absolute atomic E-state index is 0.717. The molecule has 2 nitrogen and oxygen atoms in total. The molecule has 0 aliphatic carbocycles. The third-order valence-electron chi connectivity index (χ3n) is 4.75. The lowest BCUT2D eigenvalue weighted by Gasteiger charge is -2.21. The SMILES string of the molecule is Cc1ccc(CNC2CCN3CCCC23)cc1C. The van der Waals surface area contributed by atoms with Gasteiger partial charge in [-0.25, -0.2) is 0 Å². The number of hydrogen-bond acceptors (Lipinski definition) is 2. The Bertz CT molecular complexity index is 427. The van der Waals surface area contributed by atoms with Crippen LogP contribution in [0.4, 0.5) is 0 Å². The van der Waals surface area contributed by atoms with Crippen molar-refractivity contribution in [1.29, 1.82) is 0 Å². The van der Waals surface area contributed by atoms with Gasteiger partial charge in [0.15, 0.2) is 0 Å². The summed E-state index contributed by atoms with van der Waals surface area (Å²) in [5, 5.41) is 3.77. The zero-order chi connectivity index (χ0) is 12.5. The van der Waals surface area contributed by atoms with Crippen LogP contribution in [0.5, 0.6) is 0 Å². The number of nitrogens with one attached hydrogen (secondary N) is 1. The molecule has 2 unspecified atom stereocenters. The molecule has 0 bridgehead atoms. The number of hydrogen-bond donors (Lipinski definition) is 1. The summed E-state index contributed by atoms with van der Waals surface area (Å²) in [6, 6.07) is 8.36. The standard InChI is InChI=1S/C16H24N2/c1-12-5-6-14(10-13(12)2)11-17-15-7-9-18-8-3-4-16(15)18/h5-6,10,15-17H,3-4,7-9,11H2,1-2H3. The van der Waals surface area contributed by atoms with Gasteiger partial charge in [-0.15, -0.1) is 0 Å². The molecule has 1 N–H and O–H groups in total. The van der Waals surface area contributed by atoms with Crippen LogP contribution in [-0.4, -0.2) is 30.1 Å². The van der Waals surface area contributed by atoms with Crippen molar-refractivity contribution in [2.75, 3.05) is 13.1 Å². The molecule has 3 rings (SSSR count). The topological polar surface area (TPSA) is 15.3 Å². The first-order chi connectivity index (χ1) is 8.74. The second-order valence-corrected chi connectivity index (χ2v) is 5.94. The van der Waals surface area contributed by atoms with Gasteiger partial charge in [0.05, 0.1) is 0 Å². The zero-order valence-electron chi connectivity index (χ0n) is 11.6. The molecule has 2 atom stereocenters. The first kappa shape index (κ1) is 12.2. The molecule has 2 heteroatoms. The molecular formula is C16H24N2. The fourth-order valence-electron chi connectivity index (χ4n) is 3.48. The van der Waals surface area contributed by atoms with E-state index < -0.39 is 0 Å². The predicted molar refractivity (Wildman–Crippen MR) is 75.8 cm³/mol. The van der Waals surface area contributed by atoms with Crippen LogP contribution >= 0.6 is 0 Å². The highest BCUT2D eigenvalue weighted by Crippen LogP contribution is 2.28. The molecular weight excluding hydrogens is 220 g/mol. The Kier molecular flexibility index (Phi) is 3.40. The molecule has 1 aromatic carbocycles.